The van der Waals surface area contributed by atoms with Gasteiger partial charge in [0.1, 0.15) is 12.3 Å². The molecular weight excluding hydrogens is 476 g/mol. The third-order valence-corrected chi connectivity index (χ3v) is 6.46. The molecule has 2 aromatic carbocycles. The summed E-state index contributed by atoms with van der Waals surface area (Å²) in [4.78, 5) is 12.5. The Balaban J connectivity index is 1.71. The molecule has 0 saturated carbocycles. The number of nitrogens with zero attached hydrogens (tertiary/aromatic N) is 3. The molecule has 10 heteroatoms. The number of carbonyl (C=O) groups is 1. The van der Waals surface area contributed by atoms with E-state index in [-0.39, 0.29) is 0 Å². The van der Waals surface area contributed by atoms with Crippen molar-refractivity contribution in [2.45, 2.75) is 20.8 Å². The van der Waals surface area contributed by atoms with Gasteiger partial charge in [-0.2, -0.15) is 5.10 Å². The molecule has 0 aliphatic heterocycles. The lowest BCUT2D eigenvalue weighted by Crippen LogP contribution is -2.39. The van der Waals surface area contributed by atoms with Gasteiger partial charge < -0.3 is 9.30 Å². The zero-order chi connectivity index (χ0) is 24.9. The smallest absolute Gasteiger partial charge is 0.260 e. The average molecular weight is 503 g/mol. The zero-order valence-electron chi connectivity index (χ0n) is 19.4. The van der Waals surface area contributed by atoms with Gasteiger partial charge in [0, 0.05) is 27.7 Å². The Kier molecular flexibility index (Phi) is 8.01. The molecular formula is C24H27ClN4O4S. The van der Waals surface area contributed by atoms with E-state index in [0.717, 1.165) is 33.2 Å². The lowest BCUT2D eigenvalue weighted by atomic mass is 10.2. The Morgan fingerprint density at radius 1 is 1.15 bits per heavy atom. The normalized spacial score (nSPS) is 11.6. The predicted octanol–water partition coefficient (Wildman–Crippen LogP) is 4.06. The Bertz CT molecular complexity index is 1280. The number of rotatable bonds is 9. The van der Waals surface area contributed by atoms with E-state index >= 15 is 0 Å². The molecule has 8 nitrogen and oxygen atoms in total. The van der Waals surface area contributed by atoms with Gasteiger partial charge in [-0.1, -0.05) is 11.6 Å². The number of halogens is 1. The van der Waals surface area contributed by atoms with Crippen LogP contribution >= 0.6 is 11.6 Å². The van der Waals surface area contributed by atoms with Crippen molar-refractivity contribution < 1.29 is 17.9 Å². The lowest BCUT2D eigenvalue weighted by molar-refractivity contribution is -0.119. The van der Waals surface area contributed by atoms with Crippen molar-refractivity contribution in [2.75, 3.05) is 23.7 Å². The van der Waals surface area contributed by atoms with Gasteiger partial charge in [0.2, 0.25) is 10.0 Å². The first-order valence-corrected chi connectivity index (χ1v) is 12.8. The van der Waals surface area contributed by atoms with Gasteiger partial charge in [-0.3, -0.25) is 9.10 Å². The Morgan fingerprint density at radius 2 is 1.79 bits per heavy atom. The van der Waals surface area contributed by atoms with Crippen LogP contribution in [0.25, 0.3) is 5.69 Å². The third kappa shape index (κ3) is 6.18. The predicted molar refractivity (Wildman–Crippen MR) is 136 cm³/mol. The summed E-state index contributed by atoms with van der Waals surface area (Å²) in [6, 6.07) is 15.9. The van der Waals surface area contributed by atoms with Gasteiger partial charge in [-0.05, 0) is 75.4 Å². The first-order valence-electron chi connectivity index (χ1n) is 10.6. The van der Waals surface area contributed by atoms with Gasteiger partial charge in [0.25, 0.3) is 5.91 Å². The molecule has 0 bridgehead atoms. The Labute approximate surface area is 204 Å². The number of hydrazone groups is 1. The summed E-state index contributed by atoms with van der Waals surface area (Å²) in [5.41, 5.74) is 6.48. The zero-order valence-corrected chi connectivity index (χ0v) is 21.0. The largest absolute Gasteiger partial charge is 0.494 e. The number of ether oxygens (including phenoxy) is 1. The average Bonchev–Trinajstić information content (AvgIpc) is 3.06. The number of sulfonamides is 1. The molecule has 3 aromatic rings. The molecule has 0 saturated heterocycles. The maximum absolute atomic E-state index is 12.5. The molecule has 1 N–H and O–H groups in total. The van der Waals surface area contributed by atoms with E-state index in [0.29, 0.717) is 23.1 Å². The SMILES string of the molecule is CCOc1ccc(N(CC(=O)N/N=C\c2cc(C)n(-c3ccc(Cl)cc3)c2C)S(C)(=O)=O)cc1. The topological polar surface area (TPSA) is 93.0 Å². The Morgan fingerprint density at radius 3 is 2.38 bits per heavy atom. The van der Waals surface area contributed by atoms with Crippen molar-refractivity contribution in [2.24, 2.45) is 5.10 Å². The summed E-state index contributed by atoms with van der Waals surface area (Å²) in [6.45, 7) is 5.86. The first kappa shape index (κ1) is 25.3. The van der Waals surface area contributed by atoms with Crippen LogP contribution in [0, 0.1) is 13.8 Å². The number of anilines is 1. The van der Waals surface area contributed by atoms with Crippen LogP contribution in [0.2, 0.25) is 5.02 Å². The summed E-state index contributed by atoms with van der Waals surface area (Å²) in [5.74, 6) is 0.0482. The molecule has 1 amide bonds. The highest BCUT2D eigenvalue weighted by atomic mass is 35.5. The summed E-state index contributed by atoms with van der Waals surface area (Å²) in [5, 5.41) is 4.69. The standard InChI is InChI=1S/C24H27ClN4O4S/c1-5-33-23-12-10-21(11-13-23)28(34(4,31)32)16-24(30)27-26-15-19-14-17(2)29(18(19)3)22-8-6-20(25)7-9-22/h6-15H,5,16H2,1-4H3,(H,27,30)/b26-15-. The molecule has 34 heavy (non-hydrogen) atoms. The highest BCUT2D eigenvalue weighted by Gasteiger charge is 2.21. The summed E-state index contributed by atoms with van der Waals surface area (Å²) in [7, 11) is -3.69. The van der Waals surface area contributed by atoms with Crippen LogP contribution in [0.4, 0.5) is 5.69 Å². The summed E-state index contributed by atoms with van der Waals surface area (Å²) >= 11 is 5.99. The molecule has 0 radical (unpaired) electrons. The number of aromatic nitrogens is 1. The van der Waals surface area contributed by atoms with Gasteiger partial charge in [-0.15, -0.1) is 0 Å². The second-order valence-electron chi connectivity index (χ2n) is 7.63. The fourth-order valence-corrected chi connectivity index (χ4v) is 4.50. The number of benzene rings is 2. The van der Waals surface area contributed by atoms with Crippen molar-refractivity contribution in [3.05, 3.63) is 76.6 Å². The van der Waals surface area contributed by atoms with Gasteiger partial charge in [-0.25, -0.2) is 13.8 Å². The minimum Gasteiger partial charge on any atom is -0.494 e. The fourth-order valence-electron chi connectivity index (χ4n) is 3.52. The highest BCUT2D eigenvalue weighted by molar-refractivity contribution is 7.92. The number of nitrogens with one attached hydrogen (secondary N) is 1. The van der Waals surface area contributed by atoms with E-state index in [9.17, 15) is 13.2 Å². The van der Waals surface area contributed by atoms with E-state index in [1.165, 1.54) is 6.21 Å². The van der Waals surface area contributed by atoms with Gasteiger partial charge in [0.15, 0.2) is 0 Å². The fraction of sp³-hybridized carbons (Fsp3) is 0.250. The summed E-state index contributed by atoms with van der Waals surface area (Å²) in [6.07, 6.45) is 2.58. The molecule has 0 aliphatic rings. The van der Waals surface area contributed by atoms with Gasteiger partial charge in [0.05, 0.1) is 24.8 Å². The molecule has 3 rings (SSSR count). The van der Waals surface area contributed by atoms with Crippen LogP contribution in [-0.2, 0) is 14.8 Å². The minimum absolute atomic E-state index is 0.358. The van der Waals surface area contributed by atoms with Crippen LogP contribution in [0.1, 0.15) is 23.9 Å². The minimum atomic E-state index is -3.69. The van der Waals surface area contributed by atoms with Crippen LogP contribution in [-0.4, -0.2) is 44.5 Å². The Hall–Kier alpha value is -3.30. The third-order valence-electron chi connectivity index (χ3n) is 5.07. The lowest BCUT2D eigenvalue weighted by Gasteiger charge is -2.21. The van der Waals surface area contributed by atoms with Gasteiger partial charge >= 0.3 is 0 Å². The monoisotopic (exact) mass is 502 g/mol. The molecule has 1 heterocycles. The quantitative estimate of drug-likeness (QED) is 0.352. The van der Waals surface area contributed by atoms with Crippen LogP contribution in [0.3, 0.4) is 0 Å². The number of amides is 1. The van der Waals surface area contributed by atoms with Crippen LogP contribution < -0.4 is 14.5 Å². The second-order valence-corrected chi connectivity index (χ2v) is 9.97. The van der Waals surface area contributed by atoms with E-state index in [4.69, 9.17) is 16.3 Å². The molecule has 0 fully saturated rings. The van der Waals surface area contributed by atoms with E-state index in [1.54, 1.807) is 24.3 Å². The molecule has 1 aromatic heterocycles. The van der Waals surface area contributed by atoms with Crippen molar-refractivity contribution in [3.63, 3.8) is 0 Å². The highest BCUT2D eigenvalue weighted by Crippen LogP contribution is 2.22. The second kappa shape index (κ2) is 10.8. The van der Waals surface area contributed by atoms with Crippen molar-refractivity contribution >= 4 is 39.4 Å². The van der Waals surface area contributed by atoms with E-state index in [1.807, 2.05) is 51.1 Å². The van der Waals surface area contributed by atoms with Crippen molar-refractivity contribution in [1.29, 1.82) is 0 Å². The molecule has 0 aliphatic carbocycles. The molecule has 180 valence electrons. The maximum atomic E-state index is 12.5. The first-order chi connectivity index (χ1) is 16.1. The number of aryl methyl sites for hydroxylation is 1. The maximum Gasteiger partial charge on any atom is 0.260 e. The summed E-state index contributed by atoms with van der Waals surface area (Å²) < 4.78 is 33.0. The molecule has 0 unspecified atom stereocenters. The number of carbonyl (C=O) groups excluding carboxylic acids is 1. The molecule has 0 atom stereocenters. The van der Waals surface area contributed by atoms with Crippen molar-refractivity contribution in [1.82, 2.24) is 9.99 Å². The van der Waals surface area contributed by atoms with Crippen molar-refractivity contribution in [3.8, 4) is 11.4 Å². The van der Waals surface area contributed by atoms with E-state index in [2.05, 4.69) is 15.1 Å². The van der Waals surface area contributed by atoms with E-state index < -0.39 is 22.5 Å². The number of hydrogen-bond acceptors (Lipinski definition) is 5. The number of hydrogen-bond donors (Lipinski definition) is 1. The van der Waals surface area contributed by atoms with Crippen LogP contribution in [0.15, 0.2) is 59.7 Å². The van der Waals surface area contributed by atoms with Crippen LogP contribution in [0.5, 0.6) is 5.75 Å². The molecule has 0 spiro atoms.